The van der Waals surface area contributed by atoms with Crippen molar-refractivity contribution in [1.29, 1.82) is 0 Å². The van der Waals surface area contributed by atoms with Gasteiger partial charge in [-0.25, -0.2) is 4.79 Å². The molecule has 0 unspecified atom stereocenters. The van der Waals surface area contributed by atoms with Crippen molar-refractivity contribution in [3.05, 3.63) is 48.7 Å². The molecule has 0 spiro atoms. The van der Waals surface area contributed by atoms with Gasteiger partial charge in [0.1, 0.15) is 0 Å². The lowest BCUT2D eigenvalue weighted by molar-refractivity contribution is -0.132. The molecule has 0 aliphatic carbocycles. The fraction of sp³-hybridized carbons (Fsp3) is 0.214. The van der Waals surface area contributed by atoms with Gasteiger partial charge in [-0.1, -0.05) is 24.8 Å². The van der Waals surface area contributed by atoms with E-state index in [-0.39, 0.29) is 5.57 Å². The van der Waals surface area contributed by atoms with E-state index in [4.69, 9.17) is 5.11 Å². The van der Waals surface area contributed by atoms with Gasteiger partial charge in [-0.15, -0.1) is 0 Å². The number of rotatable bonds is 5. The lowest BCUT2D eigenvalue weighted by atomic mass is 10.1. The van der Waals surface area contributed by atoms with Gasteiger partial charge in [0.05, 0.1) is 0 Å². The number of hydrogen-bond acceptors (Lipinski definition) is 1. The maximum Gasteiger partial charge on any atom is 0.330 e. The Morgan fingerprint density at radius 3 is 2.82 bits per heavy atom. The van der Waals surface area contributed by atoms with Crippen LogP contribution in [0.4, 0.5) is 0 Å². The molecular formula is C14H15NO2. The van der Waals surface area contributed by atoms with Crippen LogP contribution < -0.4 is 0 Å². The van der Waals surface area contributed by atoms with E-state index >= 15 is 0 Å². The smallest absolute Gasteiger partial charge is 0.330 e. The van der Waals surface area contributed by atoms with Gasteiger partial charge in [0.2, 0.25) is 0 Å². The van der Waals surface area contributed by atoms with Crippen LogP contribution in [0.15, 0.2) is 48.7 Å². The molecular weight excluding hydrogens is 214 g/mol. The number of aromatic nitrogens is 1. The minimum Gasteiger partial charge on any atom is -0.478 e. The third-order valence-electron chi connectivity index (χ3n) is 2.86. The summed E-state index contributed by atoms with van der Waals surface area (Å²) in [5, 5.41) is 9.92. The zero-order valence-electron chi connectivity index (χ0n) is 9.60. The number of carboxylic acids is 1. The van der Waals surface area contributed by atoms with Gasteiger partial charge >= 0.3 is 5.97 Å². The lowest BCUT2D eigenvalue weighted by Gasteiger charge is -2.05. The normalized spacial score (nSPS) is 10.6. The highest BCUT2D eigenvalue weighted by Gasteiger charge is 2.04. The van der Waals surface area contributed by atoms with E-state index in [1.165, 1.54) is 10.9 Å². The number of hydrogen-bond donors (Lipinski definition) is 1. The van der Waals surface area contributed by atoms with Gasteiger partial charge in [0, 0.05) is 23.8 Å². The summed E-state index contributed by atoms with van der Waals surface area (Å²) in [6, 6.07) is 10.2. The monoisotopic (exact) mass is 229 g/mol. The van der Waals surface area contributed by atoms with E-state index in [1.54, 1.807) is 0 Å². The number of para-hydroxylation sites is 1. The van der Waals surface area contributed by atoms with Gasteiger partial charge in [-0.2, -0.15) is 0 Å². The van der Waals surface area contributed by atoms with Crippen LogP contribution in [0, 0.1) is 0 Å². The van der Waals surface area contributed by atoms with Gasteiger partial charge in [0.15, 0.2) is 0 Å². The second kappa shape index (κ2) is 4.87. The van der Waals surface area contributed by atoms with Crippen molar-refractivity contribution in [1.82, 2.24) is 4.57 Å². The number of nitrogens with zero attached hydrogens (tertiary/aromatic N) is 1. The molecule has 3 nitrogen and oxygen atoms in total. The Bertz CT molecular complexity index is 554. The minimum atomic E-state index is -0.901. The molecule has 0 saturated carbocycles. The summed E-state index contributed by atoms with van der Waals surface area (Å²) in [5.41, 5.74) is 1.47. The van der Waals surface area contributed by atoms with E-state index < -0.39 is 5.97 Å². The molecule has 0 radical (unpaired) electrons. The molecule has 0 amide bonds. The van der Waals surface area contributed by atoms with E-state index in [0.29, 0.717) is 6.42 Å². The van der Waals surface area contributed by atoms with Crippen LogP contribution in [0.5, 0.6) is 0 Å². The molecule has 1 N–H and O–H groups in total. The highest BCUT2D eigenvalue weighted by atomic mass is 16.4. The zero-order chi connectivity index (χ0) is 12.3. The molecule has 0 bridgehead atoms. The average Bonchev–Trinajstić information content (AvgIpc) is 2.72. The first-order valence-corrected chi connectivity index (χ1v) is 5.63. The van der Waals surface area contributed by atoms with Crippen LogP contribution in [0.2, 0.25) is 0 Å². The predicted octanol–water partition coefficient (Wildman–Crippen LogP) is 3.06. The highest BCUT2D eigenvalue weighted by molar-refractivity contribution is 5.85. The van der Waals surface area contributed by atoms with Gasteiger partial charge in [0.25, 0.3) is 0 Å². The molecule has 0 fully saturated rings. The average molecular weight is 229 g/mol. The maximum absolute atomic E-state index is 10.6. The van der Waals surface area contributed by atoms with E-state index in [2.05, 4.69) is 29.3 Å². The Balaban J connectivity index is 2.00. The number of fused-ring (bicyclic) bond motifs is 1. The summed E-state index contributed by atoms with van der Waals surface area (Å²) in [6.07, 6.45) is 3.36. The van der Waals surface area contributed by atoms with Crippen LogP contribution in [-0.4, -0.2) is 15.6 Å². The molecule has 1 aromatic heterocycles. The van der Waals surface area contributed by atoms with Crippen LogP contribution in [-0.2, 0) is 11.3 Å². The Hall–Kier alpha value is -2.03. The number of aliphatic carboxylic acids is 1. The van der Waals surface area contributed by atoms with Gasteiger partial charge < -0.3 is 9.67 Å². The third kappa shape index (κ3) is 2.56. The Kier molecular flexibility index (Phi) is 3.28. The van der Waals surface area contributed by atoms with E-state index in [9.17, 15) is 4.79 Å². The van der Waals surface area contributed by atoms with Crippen molar-refractivity contribution in [2.75, 3.05) is 0 Å². The fourth-order valence-corrected chi connectivity index (χ4v) is 1.91. The second-order valence-corrected chi connectivity index (χ2v) is 4.08. The number of carboxylic acid groups (broad SMARTS) is 1. The van der Waals surface area contributed by atoms with Crippen LogP contribution >= 0.6 is 0 Å². The first-order valence-electron chi connectivity index (χ1n) is 5.63. The van der Waals surface area contributed by atoms with Gasteiger partial charge in [-0.3, -0.25) is 0 Å². The molecule has 17 heavy (non-hydrogen) atoms. The maximum atomic E-state index is 10.6. The molecule has 88 valence electrons. The fourth-order valence-electron chi connectivity index (χ4n) is 1.91. The number of carbonyl (C=O) groups is 1. The standard InChI is InChI=1S/C14H15NO2/c1-11(14(16)17)5-4-9-15-10-8-12-6-2-3-7-13(12)15/h2-3,6-8,10H,1,4-5,9H2,(H,16,17). The van der Waals surface area contributed by atoms with Crippen molar-refractivity contribution in [2.45, 2.75) is 19.4 Å². The first kappa shape index (κ1) is 11.5. The number of aryl methyl sites for hydroxylation is 1. The van der Waals surface area contributed by atoms with E-state index in [0.717, 1.165) is 13.0 Å². The summed E-state index contributed by atoms with van der Waals surface area (Å²) >= 11 is 0. The quantitative estimate of drug-likeness (QED) is 0.800. The number of benzene rings is 1. The Morgan fingerprint density at radius 1 is 1.29 bits per heavy atom. The third-order valence-corrected chi connectivity index (χ3v) is 2.86. The molecule has 0 aliphatic rings. The van der Waals surface area contributed by atoms with Gasteiger partial charge in [-0.05, 0) is 30.4 Å². The molecule has 2 rings (SSSR count). The first-order chi connectivity index (χ1) is 8.18. The van der Waals surface area contributed by atoms with Crippen molar-refractivity contribution in [3.63, 3.8) is 0 Å². The zero-order valence-corrected chi connectivity index (χ0v) is 9.60. The summed E-state index contributed by atoms with van der Waals surface area (Å²) in [7, 11) is 0. The topological polar surface area (TPSA) is 42.2 Å². The molecule has 0 aliphatic heterocycles. The lowest BCUT2D eigenvalue weighted by Crippen LogP contribution is -2.02. The summed E-state index contributed by atoms with van der Waals surface area (Å²) in [5.74, 6) is -0.901. The van der Waals surface area contributed by atoms with Crippen molar-refractivity contribution >= 4 is 16.9 Å². The predicted molar refractivity (Wildman–Crippen MR) is 67.9 cm³/mol. The van der Waals surface area contributed by atoms with Crippen LogP contribution in [0.25, 0.3) is 10.9 Å². The van der Waals surface area contributed by atoms with Crippen molar-refractivity contribution in [3.8, 4) is 0 Å². The van der Waals surface area contributed by atoms with Crippen LogP contribution in [0.3, 0.4) is 0 Å². The second-order valence-electron chi connectivity index (χ2n) is 4.08. The molecule has 1 heterocycles. The highest BCUT2D eigenvalue weighted by Crippen LogP contribution is 2.16. The Labute approximate surface area is 100.0 Å². The van der Waals surface area contributed by atoms with Crippen molar-refractivity contribution < 1.29 is 9.90 Å². The summed E-state index contributed by atoms with van der Waals surface area (Å²) in [6.45, 7) is 4.35. The van der Waals surface area contributed by atoms with Crippen LogP contribution in [0.1, 0.15) is 12.8 Å². The molecule has 3 heteroatoms. The molecule has 2 aromatic rings. The summed E-state index contributed by atoms with van der Waals surface area (Å²) < 4.78 is 2.14. The van der Waals surface area contributed by atoms with Crippen molar-refractivity contribution in [2.24, 2.45) is 0 Å². The Morgan fingerprint density at radius 2 is 2.06 bits per heavy atom. The summed E-state index contributed by atoms with van der Waals surface area (Å²) in [4.78, 5) is 10.6. The molecule has 0 saturated heterocycles. The SMILES string of the molecule is C=C(CCCn1ccc2ccccc21)C(=O)O. The van der Waals surface area contributed by atoms with E-state index in [1.807, 2.05) is 18.3 Å². The minimum absolute atomic E-state index is 0.279. The largest absolute Gasteiger partial charge is 0.478 e. The molecule has 0 atom stereocenters. The molecule has 1 aromatic carbocycles.